The Morgan fingerprint density at radius 3 is 2.30 bits per heavy atom. The Kier molecular flexibility index (Phi) is 3.73. The van der Waals surface area contributed by atoms with E-state index in [0.29, 0.717) is 38.5 Å². The van der Waals surface area contributed by atoms with E-state index in [2.05, 4.69) is 5.32 Å². The van der Waals surface area contributed by atoms with E-state index in [1.54, 1.807) is 0 Å². The van der Waals surface area contributed by atoms with Crippen LogP contribution in [0.4, 0.5) is 8.78 Å². The largest absolute Gasteiger partial charge is 0.352 e. The molecule has 0 radical (unpaired) electrons. The van der Waals surface area contributed by atoms with Crippen molar-refractivity contribution in [2.45, 2.75) is 63.3 Å². The zero-order valence-corrected chi connectivity index (χ0v) is 12.0. The SMILES string of the molecule is O=C(CN1CCC2(CC1)CC2(F)F)NC1CCCCC1. The number of carbonyl (C=O) groups excluding carboxylic acids is 1. The molecule has 3 aliphatic rings. The van der Waals surface area contributed by atoms with Crippen LogP contribution in [0.5, 0.6) is 0 Å². The molecule has 0 aromatic rings. The summed E-state index contributed by atoms with van der Waals surface area (Å²) >= 11 is 0. The Labute approximate surface area is 119 Å². The molecule has 114 valence electrons. The second-order valence-corrected chi connectivity index (χ2v) is 6.84. The molecule has 3 fully saturated rings. The Morgan fingerprint density at radius 1 is 1.15 bits per heavy atom. The van der Waals surface area contributed by atoms with E-state index >= 15 is 0 Å². The fourth-order valence-electron chi connectivity index (χ4n) is 3.79. The molecule has 2 aliphatic carbocycles. The molecule has 5 heteroatoms. The highest BCUT2D eigenvalue weighted by Crippen LogP contribution is 2.65. The first-order valence-electron chi connectivity index (χ1n) is 7.90. The summed E-state index contributed by atoms with van der Waals surface area (Å²) in [4.78, 5) is 14.0. The smallest absolute Gasteiger partial charge is 0.254 e. The molecule has 3 nitrogen and oxygen atoms in total. The maximum absolute atomic E-state index is 13.3. The number of amides is 1. The minimum atomic E-state index is -2.44. The van der Waals surface area contributed by atoms with Crippen molar-refractivity contribution in [1.29, 1.82) is 0 Å². The van der Waals surface area contributed by atoms with Gasteiger partial charge in [0.2, 0.25) is 5.91 Å². The highest BCUT2D eigenvalue weighted by molar-refractivity contribution is 5.78. The molecule has 20 heavy (non-hydrogen) atoms. The monoisotopic (exact) mass is 286 g/mol. The van der Waals surface area contributed by atoms with Crippen molar-refractivity contribution in [3.63, 3.8) is 0 Å². The Morgan fingerprint density at radius 2 is 1.75 bits per heavy atom. The van der Waals surface area contributed by atoms with Crippen molar-refractivity contribution in [2.24, 2.45) is 5.41 Å². The minimum absolute atomic E-state index is 0.0576. The molecule has 0 aromatic carbocycles. The molecule has 1 heterocycles. The van der Waals surface area contributed by atoms with Gasteiger partial charge in [-0.05, 0) is 38.8 Å². The highest BCUT2D eigenvalue weighted by atomic mass is 19.3. The predicted molar refractivity (Wildman–Crippen MR) is 72.7 cm³/mol. The van der Waals surface area contributed by atoms with E-state index in [1.165, 1.54) is 19.3 Å². The maximum Gasteiger partial charge on any atom is 0.254 e. The molecule has 1 aliphatic heterocycles. The van der Waals surface area contributed by atoms with Gasteiger partial charge in [0, 0.05) is 17.9 Å². The van der Waals surface area contributed by atoms with Gasteiger partial charge < -0.3 is 5.32 Å². The molecule has 3 rings (SSSR count). The van der Waals surface area contributed by atoms with Gasteiger partial charge in [-0.2, -0.15) is 0 Å². The van der Waals surface area contributed by atoms with Crippen LogP contribution in [-0.4, -0.2) is 42.4 Å². The molecular formula is C15H24F2N2O. The van der Waals surface area contributed by atoms with Gasteiger partial charge in [0.1, 0.15) is 0 Å². The van der Waals surface area contributed by atoms with Gasteiger partial charge in [0.25, 0.3) is 5.92 Å². The van der Waals surface area contributed by atoms with Crippen LogP contribution < -0.4 is 5.32 Å². The van der Waals surface area contributed by atoms with Gasteiger partial charge in [-0.15, -0.1) is 0 Å². The second-order valence-electron chi connectivity index (χ2n) is 6.84. The molecule has 1 amide bonds. The van der Waals surface area contributed by atoms with Crippen molar-refractivity contribution in [3.8, 4) is 0 Å². The van der Waals surface area contributed by atoms with E-state index in [1.807, 2.05) is 4.90 Å². The van der Waals surface area contributed by atoms with Crippen molar-refractivity contribution in [3.05, 3.63) is 0 Å². The number of rotatable bonds is 3. The lowest BCUT2D eigenvalue weighted by molar-refractivity contribution is -0.123. The lowest BCUT2D eigenvalue weighted by Gasteiger charge is -2.32. The number of likely N-dealkylation sites (tertiary alicyclic amines) is 1. The van der Waals surface area contributed by atoms with Crippen LogP contribution in [-0.2, 0) is 4.79 Å². The number of hydrogen-bond donors (Lipinski definition) is 1. The average Bonchev–Trinajstić information content (AvgIpc) is 2.94. The quantitative estimate of drug-likeness (QED) is 0.865. The van der Waals surface area contributed by atoms with Crippen LogP contribution in [0.1, 0.15) is 51.4 Å². The number of carbonyl (C=O) groups is 1. The molecule has 2 saturated carbocycles. The fourth-order valence-corrected chi connectivity index (χ4v) is 3.79. The molecule has 0 aromatic heterocycles. The fraction of sp³-hybridized carbons (Fsp3) is 0.933. The summed E-state index contributed by atoms with van der Waals surface area (Å²) in [6.45, 7) is 1.64. The van der Waals surface area contributed by atoms with Crippen molar-refractivity contribution in [1.82, 2.24) is 10.2 Å². The summed E-state index contributed by atoms with van der Waals surface area (Å²) in [5.41, 5.74) is -0.719. The zero-order valence-electron chi connectivity index (χ0n) is 12.0. The van der Waals surface area contributed by atoms with Gasteiger partial charge in [0.15, 0.2) is 0 Å². The number of nitrogens with zero attached hydrogens (tertiary/aromatic N) is 1. The van der Waals surface area contributed by atoms with Crippen molar-refractivity contribution in [2.75, 3.05) is 19.6 Å². The first-order chi connectivity index (χ1) is 9.51. The third-order valence-electron chi connectivity index (χ3n) is 5.36. The number of nitrogens with one attached hydrogen (secondary N) is 1. The van der Waals surface area contributed by atoms with Gasteiger partial charge in [-0.3, -0.25) is 9.69 Å². The third-order valence-corrected chi connectivity index (χ3v) is 5.36. The first-order valence-corrected chi connectivity index (χ1v) is 7.90. The summed E-state index contributed by atoms with van der Waals surface area (Å²) < 4.78 is 26.5. The lowest BCUT2D eigenvalue weighted by Crippen LogP contribution is -2.45. The molecule has 0 atom stereocenters. The Balaban J connectivity index is 1.40. The van der Waals surface area contributed by atoms with Gasteiger partial charge in [0.05, 0.1) is 6.54 Å². The number of alkyl halides is 2. The zero-order chi connectivity index (χ0) is 14.2. The predicted octanol–water partition coefficient (Wildman–Crippen LogP) is 2.56. The van der Waals surface area contributed by atoms with Crippen LogP contribution in [0, 0.1) is 5.41 Å². The number of hydrogen-bond acceptors (Lipinski definition) is 2. The van der Waals surface area contributed by atoms with Crippen molar-refractivity contribution >= 4 is 5.91 Å². The summed E-state index contributed by atoms with van der Waals surface area (Å²) in [5, 5.41) is 3.09. The molecule has 1 N–H and O–H groups in total. The van der Waals surface area contributed by atoms with Crippen molar-refractivity contribution < 1.29 is 13.6 Å². The molecule has 0 bridgehead atoms. The Hall–Kier alpha value is -0.710. The van der Waals surface area contributed by atoms with Crippen LogP contribution in [0.2, 0.25) is 0 Å². The van der Waals surface area contributed by atoms with Crippen LogP contribution in [0.25, 0.3) is 0 Å². The summed E-state index contributed by atoms with van der Waals surface area (Å²) in [6.07, 6.45) is 6.98. The van der Waals surface area contributed by atoms with E-state index in [9.17, 15) is 13.6 Å². The molecular weight excluding hydrogens is 262 g/mol. The van der Waals surface area contributed by atoms with Crippen LogP contribution >= 0.6 is 0 Å². The van der Waals surface area contributed by atoms with E-state index in [4.69, 9.17) is 0 Å². The topological polar surface area (TPSA) is 32.3 Å². The van der Waals surface area contributed by atoms with E-state index in [-0.39, 0.29) is 12.3 Å². The van der Waals surface area contributed by atoms with Gasteiger partial charge >= 0.3 is 0 Å². The average molecular weight is 286 g/mol. The van der Waals surface area contributed by atoms with Gasteiger partial charge in [-0.1, -0.05) is 19.3 Å². The number of piperidine rings is 1. The lowest BCUT2D eigenvalue weighted by atomic mass is 9.93. The molecule has 1 saturated heterocycles. The molecule has 0 unspecified atom stereocenters. The summed E-state index contributed by atoms with van der Waals surface area (Å²) in [6, 6.07) is 0.333. The Bertz CT molecular complexity index is 372. The standard InChI is InChI=1S/C15H24F2N2O/c16-15(17)11-14(15)6-8-19(9-7-14)10-13(20)18-12-4-2-1-3-5-12/h12H,1-11H2,(H,18,20). The summed E-state index contributed by atoms with van der Waals surface area (Å²) in [7, 11) is 0. The van der Waals surface area contributed by atoms with E-state index < -0.39 is 11.3 Å². The van der Waals surface area contributed by atoms with Crippen LogP contribution in [0.3, 0.4) is 0 Å². The van der Waals surface area contributed by atoms with Crippen LogP contribution in [0.15, 0.2) is 0 Å². The maximum atomic E-state index is 13.3. The van der Waals surface area contributed by atoms with E-state index in [0.717, 1.165) is 12.8 Å². The number of halogens is 2. The molecule has 1 spiro atoms. The second kappa shape index (κ2) is 5.24. The first kappa shape index (κ1) is 14.2. The highest BCUT2D eigenvalue weighted by Gasteiger charge is 2.70. The third kappa shape index (κ3) is 2.83. The normalized spacial score (nSPS) is 29.3. The van der Waals surface area contributed by atoms with Gasteiger partial charge in [-0.25, -0.2) is 8.78 Å². The minimum Gasteiger partial charge on any atom is -0.352 e. The summed E-state index contributed by atoms with van der Waals surface area (Å²) in [5.74, 6) is -2.38.